The second kappa shape index (κ2) is 10.5. The number of aromatic nitrogens is 1. The van der Waals surface area contributed by atoms with E-state index in [0.717, 1.165) is 35.7 Å². The Bertz CT molecular complexity index is 1080. The predicted octanol–water partition coefficient (Wildman–Crippen LogP) is 6.42. The van der Waals surface area contributed by atoms with E-state index in [1.54, 1.807) is 7.11 Å². The molecule has 2 aromatic carbocycles. The van der Waals surface area contributed by atoms with E-state index in [4.69, 9.17) is 10.5 Å². The van der Waals surface area contributed by atoms with Crippen LogP contribution in [-0.4, -0.2) is 17.6 Å². The molecule has 32 heavy (non-hydrogen) atoms. The molecular formula is C28H36N2O2. The highest BCUT2D eigenvalue weighted by atomic mass is 16.5. The summed E-state index contributed by atoms with van der Waals surface area (Å²) in [6.07, 6.45) is 4.60. The lowest BCUT2D eigenvalue weighted by Crippen LogP contribution is -2.13. The third kappa shape index (κ3) is 4.74. The van der Waals surface area contributed by atoms with Gasteiger partial charge in [-0.3, -0.25) is 4.79 Å². The molecule has 1 aliphatic rings. The minimum Gasteiger partial charge on any atom is -0.497 e. The van der Waals surface area contributed by atoms with Crippen LogP contribution < -0.4 is 10.5 Å². The molecule has 4 rings (SSSR count). The first-order chi connectivity index (χ1) is 15.5. The largest absolute Gasteiger partial charge is 0.497 e. The van der Waals surface area contributed by atoms with Crippen molar-refractivity contribution in [2.45, 2.75) is 65.8 Å². The molecule has 0 aliphatic heterocycles. The van der Waals surface area contributed by atoms with E-state index in [1.165, 1.54) is 36.0 Å². The molecule has 4 heteroatoms. The third-order valence-electron chi connectivity index (χ3n) is 6.58. The van der Waals surface area contributed by atoms with Crippen LogP contribution in [0, 0.1) is 13.8 Å². The highest BCUT2D eigenvalue weighted by Gasteiger charge is 2.26. The van der Waals surface area contributed by atoms with Gasteiger partial charge in [0.15, 0.2) is 0 Å². The van der Waals surface area contributed by atoms with Gasteiger partial charge in [0.05, 0.1) is 12.7 Å². The number of carbonyl (C=O) groups is 1. The second-order valence-electron chi connectivity index (χ2n) is 8.30. The van der Waals surface area contributed by atoms with Gasteiger partial charge in [0.1, 0.15) is 5.75 Å². The van der Waals surface area contributed by atoms with Crippen molar-refractivity contribution in [2.75, 3.05) is 7.11 Å². The SMILES string of the molecule is CC.COc1ccc(C2CCC2)c(-c2cc(C(N)=O)c(C)n2CCc2ccccc2C)c1. The summed E-state index contributed by atoms with van der Waals surface area (Å²) in [4.78, 5) is 12.1. The summed E-state index contributed by atoms with van der Waals surface area (Å²) in [5.74, 6) is 1.03. The van der Waals surface area contributed by atoms with E-state index >= 15 is 0 Å². The van der Waals surface area contributed by atoms with E-state index in [2.05, 4.69) is 47.9 Å². The molecule has 0 unspecified atom stereocenters. The molecular weight excluding hydrogens is 396 g/mol. The molecule has 0 bridgehead atoms. The summed E-state index contributed by atoms with van der Waals surface area (Å²) in [6.45, 7) is 8.93. The van der Waals surface area contributed by atoms with Crippen molar-refractivity contribution in [3.63, 3.8) is 0 Å². The lowest BCUT2D eigenvalue weighted by Gasteiger charge is -2.28. The fraction of sp³-hybridized carbons (Fsp3) is 0.393. The van der Waals surface area contributed by atoms with Gasteiger partial charge >= 0.3 is 0 Å². The Morgan fingerprint density at radius 3 is 2.41 bits per heavy atom. The molecule has 170 valence electrons. The van der Waals surface area contributed by atoms with Crippen molar-refractivity contribution < 1.29 is 9.53 Å². The molecule has 1 aliphatic carbocycles. The number of amides is 1. The third-order valence-corrected chi connectivity index (χ3v) is 6.58. The van der Waals surface area contributed by atoms with Gasteiger partial charge < -0.3 is 15.0 Å². The minimum absolute atomic E-state index is 0.378. The molecule has 1 saturated carbocycles. The first-order valence-electron chi connectivity index (χ1n) is 11.7. The number of benzene rings is 2. The van der Waals surface area contributed by atoms with Crippen LogP contribution in [0.15, 0.2) is 48.5 Å². The standard InChI is InChI=1S/C26H30N2O2.C2H6/c1-17-7-4-5-8-19(17)13-14-28-18(2)23(26(27)29)16-25(28)24-15-21(30-3)11-12-22(24)20-9-6-10-20;1-2/h4-5,7-8,11-12,15-16,20H,6,9-10,13-14H2,1-3H3,(H2,27,29);1-2H3. The number of methoxy groups -OCH3 is 1. The molecule has 1 amide bonds. The van der Waals surface area contributed by atoms with Crippen molar-refractivity contribution in [2.24, 2.45) is 5.73 Å². The topological polar surface area (TPSA) is 57.2 Å². The number of hydrogen-bond donors (Lipinski definition) is 1. The number of aryl methyl sites for hydroxylation is 2. The zero-order chi connectivity index (χ0) is 23.3. The first kappa shape index (κ1) is 23.6. The fourth-order valence-electron chi connectivity index (χ4n) is 4.49. The van der Waals surface area contributed by atoms with Crippen LogP contribution in [-0.2, 0) is 13.0 Å². The second-order valence-corrected chi connectivity index (χ2v) is 8.30. The Labute approximate surface area is 192 Å². The maximum absolute atomic E-state index is 12.1. The zero-order valence-electron chi connectivity index (χ0n) is 20.1. The van der Waals surface area contributed by atoms with Gasteiger partial charge in [-0.05, 0) is 73.9 Å². The molecule has 0 saturated heterocycles. The number of rotatable bonds is 7. The quantitative estimate of drug-likeness (QED) is 0.468. The van der Waals surface area contributed by atoms with Crippen molar-refractivity contribution in [1.82, 2.24) is 4.57 Å². The number of carbonyl (C=O) groups excluding carboxylic acids is 1. The molecule has 2 N–H and O–H groups in total. The van der Waals surface area contributed by atoms with E-state index in [-0.39, 0.29) is 5.91 Å². The lowest BCUT2D eigenvalue weighted by molar-refractivity contribution is 0.0999. The van der Waals surface area contributed by atoms with Crippen LogP contribution >= 0.6 is 0 Å². The van der Waals surface area contributed by atoms with Crippen molar-refractivity contribution in [3.05, 3.63) is 76.5 Å². The first-order valence-corrected chi connectivity index (χ1v) is 11.7. The van der Waals surface area contributed by atoms with Crippen LogP contribution in [0.5, 0.6) is 5.75 Å². The Balaban J connectivity index is 0.00000141. The maximum Gasteiger partial charge on any atom is 0.250 e. The molecule has 1 fully saturated rings. The van der Waals surface area contributed by atoms with E-state index in [1.807, 2.05) is 32.9 Å². The molecule has 1 heterocycles. The predicted molar refractivity (Wildman–Crippen MR) is 132 cm³/mol. The highest BCUT2D eigenvalue weighted by molar-refractivity contribution is 5.96. The Morgan fingerprint density at radius 1 is 1.09 bits per heavy atom. The average Bonchev–Trinajstić information content (AvgIpc) is 3.10. The minimum atomic E-state index is -0.378. The van der Waals surface area contributed by atoms with Gasteiger partial charge in [0, 0.05) is 23.5 Å². The Morgan fingerprint density at radius 2 is 1.81 bits per heavy atom. The summed E-state index contributed by atoms with van der Waals surface area (Å²) >= 11 is 0. The highest BCUT2D eigenvalue weighted by Crippen LogP contribution is 2.43. The number of ether oxygens (including phenoxy) is 1. The van der Waals surface area contributed by atoms with E-state index < -0.39 is 0 Å². The smallest absolute Gasteiger partial charge is 0.250 e. The zero-order valence-corrected chi connectivity index (χ0v) is 20.1. The summed E-state index contributed by atoms with van der Waals surface area (Å²) in [5.41, 5.74) is 13.4. The number of nitrogens with zero attached hydrogens (tertiary/aromatic N) is 1. The van der Waals surface area contributed by atoms with Crippen molar-refractivity contribution in [1.29, 1.82) is 0 Å². The summed E-state index contributed by atoms with van der Waals surface area (Å²) < 4.78 is 7.78. The van der Waals surface area contributed by atoms with E-state index in [0.29, 0.717) is 11.5 Å². The monoisotopic (exact) mass is 432 g/mol. The summed E-state index contributed by atoms with van der Waals surface area (Å²) in [6, 6.07) is 16.8. The molecule has 4 nitrogen and oxygen atoms in total. The van der Waals surface area contributed by atoms with E-state index in [9.17, 15) is 4.79 Å². The summed E-state index contributed by atoms with van der Waals surface area (Å²) in [5, 5.41) is 0. The number of primary amides is 1. The van der Waals surface area contributed by atoms with Gasteiger partial charge in [-0.15, -0.1) is 0 Å². The maximum atomic E-state index is 12.1. The van der Waals surface area contributed by atoms with Gasteiger partial charge in [-0.25, -0.2) is 0 Å². The number of nitrogens with two attached hydrogens (primary N) is 1. The van der Waals surface area contributed by atoms with Crippen molar-refractivity contribution in [3.8, 4) is 17.0 Å². The average molecular weight is 433 g/mol. The molecule has 0 spiro atoms. The van der Waals surface area contributed by atoms with Crippen LogP contribution in [0.3, 0.4) is 0 Å². The van der Waals surface area contributed by atoms with Gasteiger partial charge in [-0.2, -0.15) is 0 Å². The Kier molecular flexibility index (Phi) is 7.79. The van der Waals surface area contributed by atoms with Crippen LogP contribution in [0.4, 0.5) is 0 Å². The molecule has 0 radical (unpaired) electrons. The Hall–Kier alpha value is -3.01. The molecule has 3 aromatic rings. The van der Waals surface area contributed by atoms with Gasteiger partial charge in [0.25, 0.3) is 5.91 Å². The van der Waals surface area contributed by atoms with Gasteiger partial charge in [0.2, 0.25) is 0 Å². The molecule has 0 atom stereocenters. The molecule has 1 aromatic heterocycles. The summed E-state index contributed by atoms with van der Waals surface area (Å²) in [7, 11) is 1.69. The lowest BCUT2D eigenvalue weighted by atomic mass is 9.77. The van der Waals surface area contributed by atoms with Crippen LogP contribution in [0.2, 0.25) is 0 Å². The number of hydrogen-bond acceptors (Lipinski definition) is 2. The van der Waals surface area contributed by atoms with Crippen molar-refractivity contribution >= 4 is 5.91 Å². The van der Waals surface area contributed by atoms with Gasteiger partial charge in [-0.1, -0.05) is 50.6 Å². The van der Waals surface area contributed by atoms with Crippen LogP contribution in [0.25, 0.3) is 11.3 Å². The fourth-order valence-corrected chi connectivity index (χ4v) is 4.49. The normalized spacial score (nSPS) is 13.2. The van der Waals surface area contributed by atoms with Crippen LogP contribution in [0.1, 0.15) is 71.8 Å².